The van der Waals surface area contributed by atoms with Gasteiger partial charge in [0.15, 0.2) is 0 Å². The minimum Gasteiger partial charge on any atom is -0.380 e. The molecule has 2 heterocycles. The molecule has 2 aliphatic heterocycles. The van der Waals surface area contributed by atoms with Crippen molar-refractivity contribution in [2.75, 3.05) is 44.4 Å². The molecule has 0 radical (unpaired) electrons. The first-order valence-corrected chi connectivity index (χ1v) is 12.0. The fourth-order valence-electron chi connectivity index (χ4n) is 5.08. The number of hydrogen-bond acceptors (Lipinski definition) is 4. The van der Waals surface area contributed by atoms with Crippen molar-refractivity contribution < 1.29 is 14.3 Å². The van der Waals surface area contributed by atoms with Gasteiger partial charge in [-0.3, -0.25) is 4.79 Å². The van der Waals surface area contributed by atoms with E-state index in [0.29, 0.717) is 23.7 Å². The largest absolute Gasteiger partial charge is 0.380 e. The van der Waals surface area contributed by atoms with Crippen molar-refractivity contribution in [3.8, 4) is 0 Å². The number of ether oxygens (including phenoxy) is 1. The molecule has 2 atom stereocenters. The average Bonchev–Trinajstić information content (AvgIpc) is 3.19. The van der Waals surface area contributed by atoms with Gasteiger partial charge in [-0.05, 0) is 61.0 Å². The Kier molecular flexibility index (Phi) is 7.17. The Labute approximate surface area is 206 Å². The van der Waals surface area contributed by atoms with Gasteiger partial charge in [0.2, 0.25) is 5.91 Å². The minimum atomic E-state index is -0.626. The lowest BCUT2D eigenvalue weighted by Gasteiger charge is -2.29. The highest BCUT2D eigenvalue weighted by atomic mass is 35.5. The van der Waals surface area contributed by atoms with Crippen LogP contribution in [0, 0.1) is 0 Å². The Hall–Kier alpha value is -2.61. The predicted molar refractivity (Wildman–Crippen MR) is 136 cm³/mol. The summed E-state index contributed by atoms with van der Waals surface area (Å²) in [6, 6.07) is 12.1. The maximum absolute atomic E-state index is 13.3. The first kappa shape index (κ1) is 24.5. The van der Waals surface area contributed by atoms with Crippen LogP contribution in [0.3, 0.4) is 0 Å². The molecule has 0 spiro atoms. The second-order valence-electron chi connectivity index (χ2n) is 9.93. The summed E-state index contributed by atoms with van der Waals surface area (Å²) in [5.74, 6) is -0.212. The molecule has 0 saturated carbocycles. The number of methoxy groups -OCH3 is 1. The zero-order chi connectivity index (χ0) is 24.5. The Morgan fingerprint density at radius 2 is 1.79 bits per heavy atom. The molecule has 0 bridgehead atoms. The molecule has 7 nitrogen and oxygen atoms in total. The molecule has 3 amide bonds. The summed E-state index contributed by atoms with van der Waals surface area (Å²) in [5, 5.41) is 6.49. The summed E-state index contributed by atoms with van der Waals surface area (Å²) in [6.45, 7) is 6.83. The molecule has 0 aromatic heterocycles. The van der Waals surface area contributed by atoms with Crippen molar-refractivity contribution in [1.82, 2.24) is 9.80 Å². The van der Waals surface area contributed by atoms with E-state index in [2.05, 4.69) is 48.6 Å². The molecule has 8 heteroatoms. The lowest BCUT2D eigenvalue weighted by Crippen LogP contribution is -2.45. The van der Waals surface area contributed by atoms with Crippen LogP contribution in [-0.2, 0) is 21.4 Å². The quantitative estimate of drug-likeness (QED) is 0.676. The number of amides is 3. The van der Waals surface area contributed by atoms with Gasteiger partial charge in [0.25, 0.3) is 0 Å². The van der Waals surface area contributed by atoms with Gasteiger partial charge in [-0.2, -0.15) is 0 Å². The highest BCUT2D eigenvalue weighted by Gasteiger charge is 2.40. The number of rotatable bonds is 4. The highest BCUT2D eigenvalue weighted by Crippen LogP contribution is 2.32. The maximum atomic E-state index is 13.3. The number of hydrogen-bond donors (Lipinski definition) is 2. The van der Waals surface area contributed by atoms with Crippen LogP contribution in [0.25, 0.3) is 0 Å². The normalized spacial score (nSPS) is 22.1. The molecule has 4 rings (SSSR count). The number of nitrogens with one attached hydrogen (secondary N) is 2. The van der Waals surface area contributed by atoms with Crippen LogP contribution < -0.4 is 10.6 Å². The lowest BCUT2D eigenvalue weighted by molar-refractivity contribution is -0.119. The number of carbonyl (C=O) groups excluding carboxylic acids is 2. The van der Waals surface area contributed by atoms with E-state index >= 15 is 0 Å². The Morgan fingerprint density at radius 3 is 2.50 bits per heavy atom. The van der Waals surface area contributed by atoms with E-state index < -0.39 is 6.04 Å². The second kappa shape index (κ2) is 9.94. The molecule has 2 aliphatic rings. The molecule has 0 aliphatic carbocycles. The standard InChI is InChI=1S/C26H33ClN4O3/c1-26(2)16-30(3)12-11-17-13-20(9-10-22(17)26)28-24(32)23-14-21(34-4)15-31(23)25(33)29-19-7-5-18(27)6-8-19/h5-10,13,21,23H,11-12,14-16H2,1-4H3,(H,28,32)(H,29,33)/t21?,23-/m1/s1. The van der Waals surface area contributed by atoms with Gasteiger partial charge in [-0.25, -0.2) is 4.79 Å². The van der Waals surface area contributed by atoms with Gasteiger partial charge >= 0.3 is 6.03 Å². The van der Waals surface area contributed by atoms with E-state index in [-0.39, 0.29) is 23.5 Å². The van der Waals surface area contributed by atoms with Crippen molar-refractivity contribution >= 4 is 34.9 Å². The number of benzene rings is 2. The van der Waals surface area contributed by atoms with E-state index in [1.807, 2.05) is 6.07 Å². The highest BCUT2D eigenvalue weighted by molar-refractivity contribution is 6.30. The summed E-state index contributed by atoms with van der Waals surface area (Å²) in [5.41, 5.74) is 3.98. The van der Waals surface area contributed by atoms with E-state index in [0.717, 1.165) is 25.2 Å². The molecule has 1 saturated heterocycles. The third-order valence-corrected chi connectivity index (χ3v) is 7.04. The first-order valence-electron chi connectivity index (χ1n) is 11.6. The number of likely N-dealkylation sites (tertiary alicyclic amines) is 1. The van der Waals surface area contributed by atoms with E-state index in [4.69, 9.17) is 16.3 Å². The van der Waals surface area contributed by atoms with Crippen LogP contribution in [0.15, 0.2) is 42.5 Å². The van der Waals surface area contributed by atoms with Crippen molar-refractivity contribution in [2.45, 2.75) is 44.2 Å². The van der Waals surface area contributed by atoms with Crippen LogP contribution in [0.1, 0.15) is 31.4 Å². The van der Waals surface area contributed by atoms with Gasteiger partial charge in [-0.1, -0.05) is 31.5 Å². The summed E-state index contributed by atoms with van der Waals surface area (Å²) in [7, 11) is 3.75. The summed E-state index contributed by atoms with van der Waals surface area (Å²) >= 11 is 5.94. The van der Waals surface area contributed by atoms with Crippen LogP contribution >= 0.6 is 11.6 Å². The fraction of sp³-hybridized carbons (Fsp3) is 0.462. The van der Waals surface area contributed by atoms with Crippen LogP contribution in [-0.4, -0.2) is 67.7 Å². The van der Waals surface area contributed by atoms with Crippen LogP contribution in [0.2, 0.25) is 5.02 Å². The Bertz CT molecular complexity index is 1060. The zero-order valence-corrected chi connectivity index (χ0v) is 21.0. The summed E-state index contributed by atoms with van der Waals surface area (Å²) in [4.78, 5) is 30.2. The van der Waals surface area contributed by atoms with E-state index in [1.165, 1.54) is 11.1 Å². The monoisotopic (exact) mass is 484 g/mol. The zero-order valence-electron chi connectivity index (χ0n) is 20.2. The van der Waals surface area contributed by atoms with Gasteiger partial charge < -0.3 is 25.2 Å². The lowest BCUT2D eigenvalue weighted by atomic mass is 9.81. The number of carbonyl (C=O) groups is 2. The topological polar surface area (TPSA) is 73.9 Å². The summed E-state index contributed by atoms with van der Waals surface area (Å²) in [6.07, 6.45) is 1.18. The number of urea groups is 1. The maximum Gasteiger partial charge on any atom is 0.322 e. The van der Waals surface area contributed by atoms with Crippen molar-refractivity contribution in [2.24, 2.45) is 0 Å². The average molecular weight is 485 g/mol. The van der Waals surface area contributed by atoms with Gasteiger partial charge in [0.05, 0.1) is 6.10 Å². The smallest absolute Gasteiger partial charge is 0.322 e. The van der Waals surface area contributed by atoms with E-state index in [9.17, 15) is 9.59 Å². The Balaban J connectivity index is 1.49. The molecule has 182 valence electrons. The first-order chi connectivity index (χ1) is 16.2. The minimum absolute atomic E-state index is 0.0385. The summed E-state index contributed by atoms with van der Waals surface area (Å²) < 4.78 is 5.49. The fourth-order valence-corrected chi connectivity index (χ4v) is 5.21. The van der Waals surface area contributed by atoms with Gasteiger partial charge in [0, 0.05) is 55.0 Å². The Morgan fingerprint density at radius 1 is 1.09 bits per heavy atom. The number of nitrogens with zero attached hydrogens (tertiary/aromatic N) is 2. The van der Waals surface area contributed by atoms with Gasteiger partial charge in [0.1, 0.15) is 6.04 Å². The molecule has 1 unspecified atom stereocenters. The van der Waals surface area contributed by atoms with Gasteiger partial charge in [-0.15, -0.1) is 0 Å². The second-order valence-corrected chi connectivity index (χ2v) is 10.4. The van der Waals surface area contributed by atoms with Crippen LogP contribution in [0.5, 0.6) is 0 Å². The molecule has 34 heavy (non-hydrogen) atoms. The predicted octanol–water partition coefficient (Wildman–Crippen LogP) is 4.37. The molecule has 1 fully saturated rings. The number of anilines is 2. The third kappa shape index (κ3) is 5.37. The molecule has 2 aromatic carbocycles. The van der Waals surface area contributed by atoms with Crippen molar-refractivity contribution in [3.05, 3.63) is 58.6 Å². The van der Waals surface area contributed by atoms with Crippen molar-refractivity contribution in [3.63, 3.8) is 0 Å². The third-order valence-electron chi connectivity index (χ3n) is 6.79. The number of likely N-dealkylation sites (N-methyl/N-ethyl adjacent to an activating group) is 1. The molecular formula is C26H33ClN4O3. The molecule has 2 N–H and O–H groups in total. The van der Waals surface area contributed by atoms with Crippen LogP contribution in [0.4, 0.5) is 16.2 Å². The van der Waals surface area contributed by atoms with E-state index in [1.54, 1.807) is 36.3 Å². The number of fused-ring (bicyclic) bond motifs is 1. The molecular weight excluding hydrogens is 452 g/mol. The van der Waals surface area contributed by atoms with Crippen molar-refractivity contribution in [1.29, 1.82) is 0 Å². The SMILES string of the molecule is COC1C[C@H](C(=O)Nc2ccc3c(c2)CCN(C)CC3(C)C)N(C(=O)Nc2ccc(Cl)cc2)C1. The number of halogens is 1. The molecule has 2 aromatic rings.